The minimum Gasteiger partial charge on any atom is -0.300 e. The van der Waals surface area contributed by atoms with E-state index in [-0.39, 0.29) is 0 Å². The molecule has 1 atom stereocenters. The molecule has 19 heavy (non-hydrogen) atoms. The first-order valence-electron chi connectivity index (χ1n) is 7.54. The lowest BCUT2D eigenvalue weighted by molar-refractivity contribution is 0.296. The van der Waals surface area contributed by atoms with Gasteiger partial charge in [0.2, 0.25) is 0 Å². The van der Waals surface area contributed by atoms with Crippen LogP contribution >= 0.6 is 0 Å². The fourth-order valence-electron chi connectivity index (χ4n) is 2.33. The molecular weight excluding hydrogens is 230 g/mol. The first-order valence-corrected chi connectivity index (χ1v) is 7.54. The Labute approximate surface area is 119 Å². The maximum atomic E-state index is 4.30. The van der Waals surface area contributed by atoms with Gasteiger partial charge in [-0.1, -0.05) is 46.4 Å². The van der Waals surface area contributed by atoms with Gasteiger partial charge in [-0.25, -0.2) is 0 Å². The van der Waals surface area contributed by atoms with Crippen molar-refractivity contribution in [3.05, 3.63) is 41.5 Å². The minimum absolute atomic E-state index is 0.558. The first kappa shape index (κ1) is 16.0. The van der Waals surface area contributed by atoms with Gasteiger partial charge in [-0.3, -0.25) is 4.90 Å². The van der Waals surface area contributed by atoms with Crippen LogP contribution in [0, 0.1) is 12.8 Å². The average molecular weight is 259 g/mol. The predicted molar refractivity (Wildman–Crippen MR) is 86.3 cm³/mol. The van der Waals surface area contributed by atoms with E-state index < -0.39 is 0 Å². The van der Waals surface area contributed by atoms with Crippen molar-refractivity contribution in [3.63, 3.8) is 0 Å². The van der Waals surface area contributed by atoms with Crippen molar-refractivity contribution in [1.29, 1.82) is 0 Å². The third-order valence-electron chi connectivity index (χ3n) is 4.16. The maximum absolute atomic E-state index is 4.30. The molecule has 1 rings (SSSR count). The van der Waals surface area contributed by atoms with Crippen molar-refractivity contribution >= 4 is 5.57 Å². The fraction of sp³-hybridized carbons (Fsp3) is 0.556. The number of nitrogens with zero attached hydrogens (tertiary/aromatic N) is 1. The number of allylic oxidation sites excluding steroid dienone is 1. The molecule has 1 aromatic rings. The van der Waals surface area contributed by atoms with Crippen molar-refractivity contribution in [2.45, 2.75) is 47.6 Å². The van der Waals surface area contributed by atoms with Gasteiger partial charge in [0.25, 0.3) is 0 Å². The maximum Gasteiger partial charge on any atom is 0.0233 e. The SMILES string of the molecule is C=C(c1cc(CN(CC)CC)ccc1C)[C@@H](C)CC. The summed E-state index contributed by atoms with van der Waals surface area (Å²) < 4.78 is 0. The van der Waals surface area contributed by atoms with Crippen LogP contribution in [0.25, 0.3) is 5.57 Å². The summed E-state index contributed by atoms with van der Waals surface area (Å²) in [6, 6.07) is 6.82. The van der Waals surface area contributed by atoms with Gasteiger partial charge in [-0.2, -0.15) is 0 Å². The van der Waals surface area contributed by atoms with Crippen molar-refractivity contribution in [1.82, 2.24) is 4.90 Å². The van der Waals surface area contributed by atoms with Gasteiger partial charge in [0, 0.05) is 6.54 Å². The Hall–Kier alpha value is -1.08. The molecule has 0 fully saturated rings. The first-order chi connectivity index (χ1) is 9.03. The second-order valence-corrected chi connectivity index (χ2v) is 5.45. The Morgan fingerprint density at radius 3 is 2.37 bits per heavy atom. The van der Waals surface area contributed by atoms with E-state index in [4.69, 9.17) is 0 Å². The largest absolute Gasteiger partial charge is 0.300 e. The highest BCUT2D eigenvalue weighted by Gasteiger charge is 2.11. The molecule has 0 saturated heterocycles. The second kappa shape index (κ2) is 7.49. The number of rotatable bonds is 7. The van der Waals surface area contributed by atoms with Gasteiger partial charge in [-0.05, 0) is 60.7 Å². The molecule has 1 aromatic carbocycles. The summed E-state index contributed by atoms with van der Waals surface area (Å²) in [5.74, 6) is 0.558. The second-order valence-electron chi connectivity index (χ2n) is 5.45. The molecular formula is C18H29N. The molecule has 106 valence electrons. The molecule has 0 aromatic heterocycles. The Morgan fingerprint density at radius 2 is 1.84 bits per heavy atom. The molecule has 0 N–H and O–H groups in total. The molecule has 0 heterocycles. The topological polar surface area (TPSA) is 3.24 Å². The van der Waals surface area contributed by atoms with Crippen LogP contribution in [-0.2, 0) is 6.54 Å². The van der Waals surface area contributed by atoms with Crippen LogP contribution in [-0.4, -0.2) is 18.0 Å². The Balaban J connectivity index is 2.97. The van der Waals surface area contributed by atoms with E-state index >= 15 is 0 Å². The Bertz CT molecular complexity index is 416. The summed E-state index contributed by atoms with van der Waals surface area (Å²) in [6.45, 7) is 18.7. The van der Waals surface area contributed by atoms with Crippen LogP contribution in [0.4, 0.5) is 0 Å². The van der Waals surface area contributed by atoms with Crippen LogP contribution < -0.4 is 0 Å². The molecule has 1 nitrogen and oxygen atoms in total. The monoisotopic (exact) mass is 259 g/mol. The summed E-state index contributed by atoms with van der Waals surface area (Å²) >= 11 is 0. The zero-order valence-electron chi connectivity index (χ0n) is 13.3. The van der Waals surface area contributed by atoms with Crippen LogP contribution in [0.5, 0.6) is 0 Å². The minimum atomic E-state index is 0.558. The highest BCUT2D eigenvalue weighted by atomic mass is 15.1. The lowest BCUT2D eigenvalue weighted by Crippen LogP contribution is -2.22. The van der Waals surface area contributed by atoms with E-state index in [1.165, 1.54) is 22.3 Å². The smallest absolute Gasteiger partial charge is 0.0233 e. The fourth-order valence-corrected chi connectivity index (χ4v) is 2.33. The van der Waals surface area contributed by atoms with Gasteiger partial charge in [0.05, 0.1) is 0 Å². The van der Waals surface area contributed by atoms with E-state index in [1.807, 2.05) is 0 Å². The van der Waals surface area contributed by atoms with E-state index in [1.54, 1.807) is 0 Å². The number of hydrogen-bond donors (Lipinski definition) is 0. The Kier molecular flexibility index (Phi) is 6.30. The van der Waals surface area contributed by atoms with E-state index in [2.05, 4.69) is 64.3 Å². The third-order valence-corrected chi connectivity index (χ3v) is 4.16. The van der Waals surface area contributed by atoms with Crippen LogP contribution in [0.3, 0.4) is 0 Å². The molecule has 0 radical (unpaired) electrons. The van der Waals surface area contributed by atoms with E-state index in [9.17, 15) is 0 Å². The van der Waals surface area contributed by atoms with Crippen molar-refractivity contribution in [2.24, 2.45) is 5.92 Å². The average Bonchev–Trinajstić information content (AvgIpc) is 2.44. The lowest BCUT2D eigenvalue weighted by atomic mass is 9.89. The summed E-state index contributed by atoms with van der Waals surface area (Å²) in [5.41, 5.74) is 5.36. The lowest BCUT2D eigenvalue weighted by Gasteiger charge is -2.20. The molecule has 0 amide bonds. The molecule has 1 heteroatoms. The summed E-state index contributed by atoms with van der Waals surface area (Å²) in [6.07, 6.45) is 1.15. The van der Waals surface area contributed by atoms with E-state index in [0.717, 1.165) is 26.1 Å². The number of hydrogen-bond acceptors (Lipinski definition) is 1. The molecule has 0 spiro atoms. The molecule has 0 saturated carbocycles. The highest BCUT2D eigenvalue weighted by Crippen LogP contribution is 2.27. The quantitative estimate of drug-likeness (QED) is 0.673. The zero-order chi connectivity index (χ0) is 14.4. The Morgan fingerprint density at radius 1 is 1.21 bits per heavy atom. The van der Waals surface area contributed by atoms with Crippen LogP contribution in [0.2, 0.25) is 0 Å². The zero-order valence-corrected chi connectivity index (χ0v) is 13.3. The summed E-state index contributed by atoms with van der Waals surface area (Å²) in [4.78, 5) is 2.44. The van der Waals surface area contributed by atoms with Crippen LogP contribution in [0.15, 0.2) is 24.8 Å². The summed E-state index contributed by atoms with van der Waals surface area (Å²) in [5, 5.41) is 0. The number of aryl methyl sites for hydroxylation is 1. The van der Waals surface area contributed by atoms with Gasteiger partial charge in [0.1, 0.15) is 0 Å². The number of benzene rings is 1. The van der Waals surface area contributed by atoms with Gasteiger partial charge < -0.3 is 0 Å². The van der Waals surface area contributed by atoms with Crippen molar-refractivity contribution < 1.29 is 0 Å². The van der Waals surface area contributed by atoms with Crippen LogP contribution in [0.1, 0.15) is 50.8 Å². The molecule has 0 aliphatic rings. The molecule has 0 aliphatic heterocycles. The van der Waals surface area contributed by atoms with Crippen molar-refractivity contribution in [3.8, 4) is 0 Å². The van der Waals surface area contributed by atoms with Gasteiger partial charge in [0.15, 0.2) is 0 Å². The predicted octanol–water partition coefficient (Wildman–Crippen LogP) is 4.90. The van der Waals surface area contributed by atoms with Gasteiger partial charge in [-0.15, -0.1) is 0 Å². The highest BCUT2D eigenvalue weighted by molar-refractivity contribution is 5.68. The molecule has 0 bridgehead atoms. The standard InChI is InChI=1S/C18H29N/c1-7-14(4)16(6)18-12-17(11-10-15(18)5)13-19(8-2)9-3/h10-12,14H,6-9,13H2,1-5H3/t14-/m0/s1. The van der Waals surface area contributed by atoms with E-state index in [0.29, 0.717) is 5.92 Å². The summed E-state index contributed by atoms with van der Waals surface area (Å²) in [7, 11) is 0. The van der Waals surface area contributed by atoms with Crippen molar-refractivity contribution in [2.75, 3.05) is 13.1 Å². The third kappa shape index (κ3) is 4.21. The molecule has 0 unspecified atom stereocenters. The molecule has 0 aliphatic carbocycles. The van der Waals surface area contributed by atoms with Gasteiger partial charge >= 0.3 is 0 Å². The normalized spacial score (nSPS) is 12.7.